The molecule has 0 atom stereocenters. The molecule has 0 aliphatic rings. The minimum Gasteiger partial charge on any atom is -0.497 e. The average Bonchev–Trinajstić information content (AvgIpc) is 3.25. The summed E-state index contributed by atoms with van der Waals surface area (Å²) in [6.45, 7) is 2.05. The van der Waals surface area contributed by atoms with Gasteiger partial charge in [-0.25, -0.2) is 0 Å². The molecular weight excluding hydrogens is 434 g/mol. The summed E-state index contributed by atoms with van der Waals surface area (Å²) < 4.78 is 12.7. The van der Waals surface area contributed by atoms with Crippen LogP contribution < -0.4 is 9.47 Å². The molecule has 0 aliphatic heterocycles. The molecule has 0 radical (unpaired) electrons. The van der Waals surface area contributed by atoms with Crippen LogP contribution in [0, 0.1) is 6.92 Å². The fourth-order valence-electron chi connectivity index (χ4n) is 3.48. The van der Waals surface area contributed by atoms with Gasteiger partial charge in [-0.3, -0.25) is 9.36 Å². The number of hydrogen-bond donors (Lipinski definition) is 0. The van der Waals surface area contributed by atoms with E-state index in [1.807, 2.05) is 34.9 Å². The Morgan fingerprint density at radius 3 is 2.39 bits per heavy atom. The highest BCUT2D eigenvalue weighted by Gasteiger charge is 2.19. The predicted octanol–water partition coefficient (Wildman–Crippen LogP) is 5.16. The number of aromatic nitrogens is 3. The molecule has 1 heterocycles. The number of ketones is 1. The van der Waals surface area contributed by atoms with Crippen molar-refractivity contribution in [3.63, 3.8) is 0 Å². The lowest BCUT2D eigenvalue weighted by molar-refractivity contribution is 0.101. The van der Waals surface area contributed by atoms with Crippen LogP contribution in [0.25, 0.3) is 5.69 Å². The van der Waals surface area contributed by atoms with E-state index in [9.17, 15) is 4.79 Å². The number of carbonyl (C=O) groups is 1. The number of Topliss-reactive ketones (excluding diaryl/α,β-unsaturated/α-hetero) is 1. The van der Waals surface area contributed by atoms with E-state index in [1.165, 1.54) is 17.3 Å². The van der Waals surface area contributed by atoms with Gasteiger partial charge in [0.25, 0.3) is 0 Å². The van der Waals surface area contributed by atoms with Gasteiger partial charge in [-0.1, -0.05) is 59.8 Å². The van der Waals surface area contributed by atoms with E-state index in [0.717, 1.165) is 17.1 Å². The van der Waals surface area contributed by atoms with Gasteiger partial charge in [-0.15, -0.1) is 10.2 Å². The van der Waals surface area contributed by atoms with Crippen LogP contribution in [0.3, 0.4) is 0 Å². The first kappa shape index (κ1) is 22.6. The van der Waals surface area contributed by atoms with Crippen LogP contribution in [-0.2, 0) is 6.42 Å². The van der Waals surface area contributed by atoms with Gasteiger partial charge in [0.2, 0.25) is 0 Å². The number of nitrogens with zero attached hydrogens (tertiary/aromatic N) is 3. The zero-order valence-corrected chi connectivity index (χ0v) is 19.6. The summed E-state index contributed by atoms with van der Waals surface area (Å²) >= 11 is 1.36. The Bertz CT molecular complexity index is 1240. The first-order chi connectivity index (χ1) is 16.1. The number of rotatable bonds is 9. The van der Waals surface area contributed by atoms with Gasteiger partial charge in [0.1, 0.15) is 17.3 Å². The summed E-state index contributed by atoms with van der Waals surface area (Å²) in [6.07, 6.45) is 0.639. The smallest absolute Gasteiger partial charge is 0.196 e. The molecule has 0 unspecified atom stereocenters. The molecule has 0 N–H and O–H groups in total. The van der Waals surface area contributed by atoms with E-state index in [1.54, 1.807) is 32.4 Å². The molecule has 3 aromatic carbocycles. The molecule has 0 bridgehead atoms. The van der Waals surface area contributed by atoms with Gasteiger partial charge in [0.05, 0.1) is 25.5 Å². The van der Waals surface area contributed by atoms with E-state index < -0.39 is 0 Å². The second-order valence-corrected chi connectivity index (χ2v) is 8.45. The van der Waals surface area contributed by atoms with Gasteiger partial charge in [0.15, 0.2) is 10.9 Å². The first-order valence-electron chi connectivity index (χ1n) is 10.5. The maximum atomic E-state index is 13.0. The van der Waals surface area contributed by atoms with Crippen LogP contribution in [0.4, 0.5) is 0 Å². The Morgan fingerprint density at radius 2 is 1.70 bits per heavy atom. The topological polar surface area (TPSA) is 66.2 Å². The minimum absolute atomic E-state index is 0.0705. The van der Waals surface area contributed by atoms with Crippen LogP contribution in [0.1, 0.15) is 27.3 Å². The van der Waals surface area contributed by atoms with Gasteiger partial charge in [-0.05, 0) is 42.8 Å². The largest absolute Gasteiger partial charge is 0.497 e. The number of carbonyl (C=O) groups excluding carboxylic acids is 1. The van der Waals surface area contributed by atoms with Gasteiger partial charge >= 0.3 is 0 Å². The fourth-order valence-corrected chi connectivity index (χ4v) is 4.33. The average molecular weight is 460 g/mol. The lowest BCUT2D eigenvalue weighted by Crippen LogP contribution is -2.08. The molecular formula is C26H25N3O3S. The quantitative estimate of drug-likeness (QED) is 0.254. The zero-order chi connectivity index (χ0) is 23.2. The van der Waals surface area contributed by atoms with Crippen molar-refractivity contribution in [3.05, 3.63) is 95.3 Å². The Balaban J connectivity index is 1.62. The molecule has 0 fully saturated rings. The van der Waals surface area contributed by atoms with Crippen LogP contribution in [0.15, 0.2) is 78.0 Å². The van der Waals surface area contributed by atoms with Crippen molar-refractivity contribution in [2.75, 3.05) is 20.0 Å². The minimum atomic E-state index is -0.0705. The molecule has 0 saturated carbocycles. The van der Waals surface area contributed by atoms with E-state index in [0.29, 0.717) is 28.6 Å². The van der Waals surface area contributed by atoms with Crippen LogP contribution in [0.5, 0.6) is 11.5 Å². The molecule has 4 aromatic rings. The SMILES string of the molecule is COc1ccc(OC)c(C(=O)CSc2nnc(Cc3ccccc3)n2-c2ccc(C)cc2)c1. The first-order valence-corrected chi connectivity index (χ1v) is 11.5. The second kappa shape index (κ2) is 10.4. The van der Waals surface area contributed by atoms with E-state index in [2.05, 4.69) is 41.4 Å². The normalized spacial score (nSPS) is 10.8. The van der Waals surface area contributed by atoms with Crippen molar-refractivity contribution in [2.24, 2.45) is 0 Å². The Morgan fingerprint density at radius 1 is 0.939 bits per heavy atom. The number of thioether (sulfide) groups is 1. The van der Waals surface area contributed by atoms with E-state index >= 15 is 0 Å². The summed E-state index contributed by atoms with van der Waals surface area (Å²) in [7, 11) is 3.12. The van der Waals surface area contributed by atoms with E-state index in [4.69, 9.17) is 9.47 Å². The number of benzene rings is 3. The van der Waals surface area contributed by atoms with Crippen molar-refractivity contribution in [1.82, 2.24) is 14.8 Å². The highest BCUT2D eigenvalue weighted by atomic mass is 32.2. The molecule has 4 rings (SSSR count). The third-order valence-corrected chi connectivity index (χ3v) is 6.17. The third-order valence-electron chi connectivity index (χ3n) is 5.24. The van der Waals surface area contributed by atoms with E-state index in [-0.39, 0.29) is 11.5 Å². The Labute approximate surface area is 197 Å². The Kier molecular flexibility index (Phi) is 7.10. The molecule has 33 heavy (non-hydrogen) atoms. The molecule has 1 aromatic heterocycles. The number of methoxy groups -OCH3 is 2. The van der Waals surface area contributed by atoms with Crippen molar-refractivity contribution in [3.8, 4) is 17.2 Å². The summed E-state index contributed by atoms with van der Waals surface area (Å²) in [4.78, 5) is 13.0. The zero-order valence-electron chi connectivity index (χ0n) is 18.8. The molecule has 0 spiro atoms. The predicted molar refractivity (Wildman–Crippen MR) is 130 cm³/mol. The summed E-state index contributed by atoms with van der Waals surface area (Å²) in [5.41, 5.74) is 3.76. The van der Waals surface area contributed by atoms with Crippen molar-refractivity contribution in [2.45, 2.75) is 18.5 Å². The highest BCUT2D eigenvalue weighted by Crippen LogP contribution is 2.28. The molecule has 0 aliphatic carbocycles. The molecule has 6 nitrogen and oxygen atoms in total. The van der Waals surface area contributed by atoms with Gasteiger partial charge in [0, 0.05) is 12.1 Å². The standard InChI is InChI=1S/C26H25N3O3S/c1-18-9-11-20(12-10-18)29-25(15-19-7-5-4-6-8-19)27-28-26(29)33-17-23(30)22-16-21(31-2)13-14-24(22)32-3/h4-14,16H,15,17H2,1-3H3. The molecule has 168 valence electrons. The van der Waals surface area contributed by atoms with Crippen LogP contribution in [0.2, 0.25) is 0 Å². The van der Waals surface area contributed by atoms with Crippen LogP contribution >= 0.6 is 11.8 Å². The third kappa shape index (κ3) is 5.26. The second-order valence-electron chi connectivity index (χ2n) is 7.51. The summed E-state index contributed by atoms with van der Waals surface area (Å²) in [5.74, 6) is 2.07. The number of aryl methyl sites for hydroxylation is 1. The molecule has 7 heteroatoms. The highest BCUT2D eigenvalue weighted by molar-refractivity contribution is 7.99. The maximum absolute atomic E-state index is 13.0. The van der Waals surface area contributed by atoms with Crippen molar-refractivity contribution >= 4 is 17.5 Å². The van der Waals surface area contributed by atoms with Gasteiger partial charge < -0.3 is 9.47 Å². The van der Waals surface area contributed by atoms with Gasteiger partial charge in [-0.2, -0.15) is 0 Å². The molecule has 0 amide bonds. The monoisotopic (exact) mass is 459 g/mol. The maximum Gasteiger partial charge on any atom is 0.196 e. The Hall–Kier alpha value is -3.58. The summed E-state index contributed by atoms with van der Waals surface area (Å²) in [5, 5.41) is 9.55. The van der Waals surface area contributed by atoms with Crippen molar-refractivity contribution < 1.29 is 14.3 Å². The number of ether oxygens (including phenoxy) is 2. The number of hydrogen-bond acceptors (Lipinski definition) is 6. The lowest BCUT2D eigenvalue weighted by Gasteiger charge is -2.12. The molecule has 0 saturated heterocycles. The summed E-state index contributed by atoms with van der Waals surface area (Å²) in [6, 6.07) is 23.6. The lowest BCUT2D eigenvalue weighted by atomic mass is 10.1. The van der Waals surface area contributed by atoms with Crippen molar-refractivity contribution in [1.29, 1.82) is 0 Å². The fraction of sp³-hybridized carbons (Fsp3) is 0.192. The van der Waals surface area contributed by atoms with Crippen LogP contribution in [-0.4, -0.2) is 40.5 Å².